The lowest BCUT2D eigenvalue weighted by molar-refractivity contribution is 0.202. The highest BCUT2D eigenvalue weighted by Crippen LogP contribution is 2.32. The third kappa shape index (κ3) is 2.74. The van der Waals surface area contributed by atoms with Crippen LogP contribution >= 0.6 is 11.6 Å². The second-order valence-corrected chi connectivity index (χ2v) is 6.38. The molecule has 0 bridgehead atoms. The minimum Gasteiger partial charge on any atom is -0.330 e. The maximum Gasteiger partial charge on any atom is 0.0951 e. The normalized spacial score (nSPS) is 22.9. The molecule has 0 amide bonds. The van der Waals surface area contributed by atoms with Gasteiger partial charge < -0.3 is 9.88 Å². The standard InChI is InChI=1S/C16H20ClN3/c1-16(7-4-8-18-10-16)11-20-12-19-9-15(20)13-5-2-3-6-14(13)17/h2-3,5-6,9,12,18H,4,7-8,10-11H2,1H3. The van der Waals surface area contributed by atoms with Crippen LogP contribution in [0.5, 0.6) is 0 Å². The van der Waals surface area contributed by atoms with Crippen molar-refractivity contribution < 1.29 is 0 Å². The summed E-state index contributed by atoms with van der Waals surface area (Å²) in [7, 11) is 0. The Morgan fingerprint density at radius 1 is 1.40 bits per heavy atom. The van der Waals surface area contributed by atoms with E-state index in [1.54, 1.807) is 0 Å². The first kappa shape index (κ1) is 13.7. The molecule has 3 rings (SSSR count). The number of benzene rings is 1. The number of nitrogens with one attached hydrogen (secondary N) is 1. The lowest BCUT2D eigenvalue weighted by Crippen LogP contribution is -2.40. The average Bonchev–Trinajstić information content (AvgIpc) is 2.87. The molecule has 1 N–H and O–H groups in total. The monoisotopic (exact) mass is 289 g/mol. The fourth-order valence-corrected chi connectivity index (χ4v) is 3.24. The van der Waals surface area contributed by atoms with Crippen molar-refractivity contribution in [3.63, 3.8) is 0 Å². The molecule has 2 aromatic rings. The number of rotatable bonds is 3. The van der Waals surface area contributed by atoms with Crippen LogP contribution in [0, 0.1) is 5.41 Å². The number of nitrogens with zero attached hydrogens (tertiary/aromatic N) is 2. The largest absolute Gasteiger partial charge is 0.330 e. The van der Waals surface area contributed by atoms with Crippen molar-refractivity contribution in [2.45, 2.75) is 26.3 Å². The van der Waals surface area contributed by atoms with Crippen molar-refractivity contribution in [3.05, 3.63) is 41.8 Å². The van der Waals surface area contributed by atoms with E-state index in [9.17, 15) is 0 Å². The van der Waals surface area contributed by atoms with E-state index in [0.717, 1.165) is 35.9 Å². The Balaban J connectivity index is 1.89. The molecule has 1 saturated heterocycles. The van der Waals surface area contributed by atoms with Crippen molar-refractivity contribution in [3.8, 4) is 11.3 Å². The van der Waals surface area contributed by atoms with Gasteiger partial charge in [0.25, 0.3) is 0 Å². The molecule has 0 aliphatic carbocycles. The third-order valence-corrected chi connectivity index (χ3v) is 4.43. The highest BCUT2D eigenvalue weighted by atomic mass is 35.5. The Hall–Kier alpha value is -1.32. The van der Waals surface area contributed by atoms with Gasteiger partial charge in [0, 0.05) is 23.7 Å². The van der Waals surface area contributed by atoms with Crippen LogP contribution in [0.1, 0.15) is 19.8 Å². The van der Waals surface area contributed by atoms with Crippen molar-refractivity contribution in [1.82, 2.24) is 14.9 Å². The van der Waals surface area contributed by atoms with Crippen molar-refractivity contribution in [1.29, 1.82) is 0 Å². The number of hydrogen-bond donors (Lipinski definition) is 1. The van der Waals surface area contributed by atoms with Crippen LogP contribution in [-0.4, -0.2) is 22.6 Å². The second kappa shape index (κ2) is 5.58. The summed E-state index contributed by atoms with van der Waals surface area (Å²) in [6.45, 7) is 5.51. The molecule has 1 aliphatic heterocycles. The fourth-order valence-electron chi connectivity index (χ4n) is 3.00. The molecule has 2 heterocycles. The lowest BCUT2D eigenvalue weighted by atomic mass is 9.82. The predicted molar refractivity (Wildman–Crippen MR) is 82.9 cm³/mol. The molecule has 1 aliphatic rings. The molecular weight excluding hydrogens is 270 g/mol. The molecule has 0 radical (unpaired) electrons. The van der Waals surface area contributed by atoms with Gasteiger partial charge in [-0.1, -0.05) is 36.7 Å². The SMILES string of the molecule is CC1(Cn2cncc2-c2ccccc2Cl)CCCNC1. The quantitative estimate of drug-likeness (QED) is 0.936. The lowest BCUT2D eigenvalue weighted by Gasteiger charge is -2.34. The second-order valence-electron chi connectivity index (χ2n) is 5.98. The van der Waals surface area contributed by atoms with Gasteiger partial charge in [0.15, 0.2) is 0 Å². The van der Waals surface area contributed by atoms with Crippen LogP contribution in [0.25, 0.3) is 11.3 Å². The molecule has 20 heavy (non-hydrogen) atoms. The molecule has 1 fully saturated rings. The topological polar surface area (TPSA) is 29.9 Å². The van der Waals surface area contributed by atoms with Gasteiger partial charge in [-0.05, 0) is 30.9 Å². The number of aromatic nitrogens is 2. The van der Waals surface area contributed by atoms with E-state index >= 15 is 0 Å². The molecular formula is C16H20ClN3. The first-order chi connectivity index (χ1) is 9.68. The Morgan fingerprint density at radius 2 is 2.25 bits per heavy atom. The van der Waals surface area contributed by atoms with E-state index in [4.69, 9.17) is 11.6 Å². The molecule has 1 atom stereocenters. The molecule has 0 saturated carbocycles. The zero-order valence-electron chi connectivity index (χ0n) is 11.8. The summed E-state index contributed by atoms with van der Waals surface area (Å²) in [5, 5.41) is 4.28. The summed E-state index contributed by atoms with van der Waals surface area (Å²) in [6, 6.07) is 7.96. The van der Waals surface area contributed by atoms with Crippen LogP contribution in [0.2, 0.25) is 5.02 Å². The molecule has 1 aromatic heterocycles. The van der Waals surface area contributed by atoms with Crippen LogP contribution in [0.4, 0.5) is 0 Å². The number of halogens is 1. The van der Waals surface area contributed by atoms with Gasteiger partial charge in [0.1, 0.15) is 0 Å². The molecule has 4 heteroatoms. The van der Waals surface area contributed by atoms with Gasteiger partial charge in [0.05, 0.1) is 18.2 Å². The zero-order valence-corrected chi connectivity index (χ0v) is 12.5. The molecule has 106 valence electrons. The van der Waals surface area contributed by atoms with Gasteiger partial charge in [-0.3, -0.25) is 0 Å². The maximum atomic E-state index is 6.31. The predicted octanol–water partition coefficient (Wildman–Crippen LogP) is 3.59. The van der Waals surface area contributed by atoms with E-state index in [-0.39, 0.29) is 5.41 Å². The number of piperidine rings is 1. The minimum atomic E-state index is 0.287. The average molecular weight is 290 g/mol. The van der Waals surface area contributed by atoms with Gasteiger partial charge in [0.2, 0.25) is 0 Å². The van der Waals surface area contributed by atoms with E-state index in [1.165, 1.54) is 12.8 Å². The zero-order chi connectivity index (χ0) is 14.0. The Bertz CT molecular complexity index is 585. The summed E-state index contributed by atoms with van der Waals surface area (Å²) >= 11 is 6.31. The van der Waals surface area contributed by atoms with Gasteiger partial charge in [-0.2, -0.15) is 0 Å². The Labute approximate surface area is 125 Å². The van der Waals surface area contributed by atoms with Gasteiger partial charge in [-0.25, -0.2) is 4.98 Å². The van der Waals surface area contributed by atoms with Gasteiger partial charge in [-0.15, -0.1) is 0 Å². The van der Waals surface area contributed by atoms with Crippen LogP contribution in [0.15, 0.2) is 36.8 Å². The van der Waals surface area contributed by atoms with E-state index in [0.29, 0.717) is 0 Å². The molecule has 3 nitrogen and oxygen atoms in total. The van der Waals surface area contributed by atoms with Crippen LogP contribution in [0.3, 0.4) is 0 Å². The van der Waals surface area contributed by atoms with Crippen molar-refractivity contribution in [2.75, 3.05) is 13.1 Å². The van der Waals surface area contributed by atoms with Crippen LogP contribution in [-0.2, 0) is 6.54 Å². The Kier molecular flexibility index (Phi) is 3.81. The van der Waals surface area contributed by atoms with E-state index < -0.39 is 0 Å². The highest BCUT2D eigenvalue weighted by molar-refractivity contribution is 6.33. The third-order valence-electron chi connectivity index (χ3n) is 4.10. The molecule has 1 unspecified atom stereocenters. The molecule has 0 spiro atoms. The van der Waals surface area contributed by atoms with E-state index in [1.807, 2.05) is 30.7 Å². The van der Waals surface area contributed by atoms with Crippen molar-refractivity contribution in [2.24, 2.45) is 5.41 Å². The van der Waals surface area contributed by atoms with Gasteiger partial charge >= 0.3 is 0 Å². The Morgan fingerprint density at radius 3 is 3.00 bits per heavy atom. The summed E-state index contributed by atoms with van der Waals surface area (Å²) in [5.74, 6) is 0. The number of imidazole rings is 1. The minimum absolute atomic E-state index is 0.287. The first-order valence-corrected chi connectivity index (χ1v) is 7.52. The maximum absolute atomic E-state index is 6.31. The summed E-state index contributed by atoms with van der Waals surface area (Å²) in [4.78, 5) is 4.32. The number of hydrogen-bond acceptors (Lipinski definition) is 2. The fraction of sp³-hybridized carbons (Fsp3) is 0.438. The van der Waals surface area contributed by atoms with Crippen LogP contribution < -0.4 is 5.32 Å². The highest BCUT2D eigenvalue weighted by Gasteiger charge is 2.28. The van der Waals surface area contributed by atoms with Crippen molar-refractivity contribution >= 4 is 11.6 Å². The summed E-state index contributed by atoms with van der Waals surface area (Å²) in [5.41, 5.74) is 2.44. The smallest absolute Gasteiger partial charge is 0.0951 e. The molecule has 1 aromatic carbocycles. The summed E-state index contributed by atoms with van der Waals surface area (Å²) < 4.78 is 2.23. The van der Waals surface area contributed by atoms with E-state index in [2.05, 4.69) is 27.9 Å². The summed E-state index contributed by atoms with van der Waals surface area (Å²) in [6.07, 6.45) is 6.31. The first-order valence-electron chi connectivity index (χ1n) is 7.14.